The van der Waals surface area contributed by atoms with Crippen LogP contribution in [0.3, 0.4) is 0 Å². The molecule has 0 saturated heterocycles. The molecule has 0 fully saturated rings. The first-order valence-corrected chi connectivity index (χ1v) is 15.3. The van der Waals surface area contributed by atoms with E-state index >= 15 is 0 Å². The number of carbonyl (C=O) groups excluding carboxylic acids is 1. The quantitative estimate of drug-likeness (QED) is 0.269. The predicted molar refractivity (Wildman–Crippen MR) is 162 cm³/mol. The molecule has 4 aromatic rings. The van der Waals surface area contributed by atoms with E-state index in [9.17, 15) is 14.1 Å². The Bertz CT molecular complexity index is 1560. The second kappa shape index (κ2) is 12.2. The highest BCUT2D eigenvalue weighted by Crippen LogP contribution is 2.36. The summed E-state index contributed by atoms with van der Waals surface area (Å²) < 4.78 is 16.8. The van der Waals surface area contributed by atoms with Crippen LogP contribution in [-0.2, 0) is 40.3 Å². The van der Waals surface area contributed by atoms with Crippen LogP contribution in [0, 0.1) is 0 Å². The minimum atomic E-state index is -2.88. The lowest BCUT2D eigenvalue weighted by molar-refractivity contribution is -0.118. The van der Waals surface area contributed by atoms with Crippen LogP contribution >= 0.6 is 0 Å². The fourth-order valence-electron chi connectivity index (χ4n) is 5.16. The Labute approximate surface area is 236 Å². The van der Waals surface area contributed by atoms with Crippen LogP contribution < -0.4 is 9.62 Å². The molecule has 2 unspecified atom stereocenters. The van der Waals surface area contributed by atoms with Gasteiger partial charge in [-0.05, 0) is 76.9 Å². The molecular weight excluding hydrogens is 518 g/mol. The molecule has 7 heteroatoms. The molecule has 3 atom stereocenters. The third kappa shape index (κ3) is 6.33. The number of fused-ring (bicyclic) bond motifs is 1. The number of benzene rings is 3. The molecule has 1 aliphatic rings. The van der Waals surface area contributed by atoms with E-state index in [1.165, 1.54) is 0 Å². The number of nitrogens with zero attached hydrogens (tertiary/aromatic N) is 2. The molecule has 40 heavy (non-hydrogen) atoms. The van der Waals surface area contributed by atoms with E-state index in [1.807, 2.05) is 84.9 Å². The van der Waals surface area contributed by atoms with Gasteiger partial charge in [0.1, 0.15) is 0 Å². The van der Waals surface area contributed by atoms with Crippen molar-refractivity contribution in [1.29, 1.82) is 0 Å². The molecule has 6 nitrogen and oxygen atoms in total. The molecule has 1 amide bonds. The van der Waals surface area contributed by atoms with Gasteiger partial charge < -0.3 is 10.0 Å². The van der Waals surface area contributed by atoms with Gasteiger partial charge in [-0.3, -0.25) is 9.78 Å². The smallest absolute Gasteiger partial charge is 0.227 e. The monoisotopic (exact) mass is 553 g/mol. The summed E-state index contributed by atoms with van der Waals surface area (Å²) in [6, 6.07) is 26.6. The number of amides is 1. The third-order valence-electron chi connectivity index (χ3n) is 7.45. The Kier molecular flexibility index (Phi) is 8.45. The van der Waals surface area contributed by atoms with Crippen LogP contribution in [-0.4, -0.2) is 32.2 Å². The first kappa shape index (κ1) is 27.8. The van der Waals surface area contributed by atoms with E-state index in [1.54, 1.807) is 17.3 Å². The van der Waals surface area contributed by atoms with E-state index in [0.29, 0.717) is 30.7 Å². The van der Waals surface area contributed by atoms with Gasteiger partial charge in [-0.1, -0.05) is 61.5 Å². The number of aryl methyl sites for hydroxylation is 2. The normalized spacial score (nSPS) is 17.6. The molecule has 1 aliphatic carbocycles. The highest BCUT2D eigenvalue weighted by Gasteiger charge is 2.34. The van der Waals surface area contributed by atoms with Gasteiger partial charge in [0.25, 0.3) is 0 Å². The molecule has 0 saturated carbocycles. The number of carbonyl (C=O) groups is 1. The van der Waals surface area contributed by atoms with E-state index in [4.69, 9.17) is 0 Å². The molecule has 1 heterocycles. The molecule has 0 radical (unpaired) electrons. The lowest BCUT2D eigenvalue weighted by Gasteiger charge is -2.25. The topological polar surface area (TPSA) is 82.5 Å². The largest absolute Gasteiger partial charge is 0.391 e. The zero-order valence-electron chi connectivity index (χ0n) is 22.7. The molecular formula is C33H35N3O3S. The SMILES string of the molecule is C=S(=O)(NC1c2cc(N(Cc3cccnc3)C(=O)CCc3ccccc3)ccc2C[C@H]1O)c1ccc(CC)cc1. The van der Waals surface area contributed by atoms with Gasteiger partial charge >= 0.3 is 0 Å². The second-order valence-corrected chi connectivity index (χ2v) is 12.3. The van der Waals surface area contributed by atoms with E-state index in [2.05, 4.69) is 22.5 Å². The number of anilines is 1. The standard InChI is InChI=1S/C33H35N3O3S/c1-3-24-11-16-29(17-12-24)40(2,39)35-33-30-21-28(15-14-27(30)20-31(33)37)36(23-26-10-7-19-34-22-26)32(38)18-13-25-8-5-4-6-9-25/h4-12,14-17,19,21-22,31,33,37H,2-3,13,18,20,23H2,1H3,(H,35,39)/t31-,33?,40?/m1/s1. The van der Waals surface area contributed by atoms with Crippen molar-refractivity contribution in [2.24, 2.45) is 0 Å². The average Bonchev–Trinajstić information content (AvgIpc) is 3.29. The molecule has 0 aliphatic heterocycles. The summed E-state index contributed by atoms with van der Waals surface area (Å²) in [5.74, 6) is 3.99. The first-order chi connectivity index (χ1) is 19.3. The highest BCUT2D eigenvalue weighted by molar-refractivity contribution is 7.98. The Morgan fingerprint density at radius 1 is 1.02 bits per heavy atom. The summed E-state index contributed by atoms with van der Waals surface area (Å²) in [6.45, 7) is 2.44. The van der Waals surface area contributed by atoms with Crippen molar-refractivity contribution in [2.45, 2.75) is 56.2 Å². The van der Waals surface area contributed by atoms with Crippen molar-refractivity contribution in [3.8, 4) is 0 Å². The number of aromatic nitrogens is 1. The third-order valence-corrected chi connectivity index (χ3v) is 9.12. The van der Waals surface area contributed by atoms with Gasteiger partial charge in [-0.2, -0.15) is 0 Å². The molecule has 0 bridgehead atoms. The van der Waals surface area contributed by atoms with Crippen molar-refractivity contribution in [2.75, 3.05) is 4.90 Å². The van der Waals surface area contributed by atoms with Crippen LogP contribution in [0.4, 0.5) is 5.69 Å². The average molecular weight is 554 g/mol. The van der Waals surface area contributed by atoms with Crippen LogP contribution in [0.1, 0.15) is 47.2 Å². The fourth-order valence-corrected chi connectivity index (χ4v) is 6.57. The maximum atomic E-state index is 13.7. The molecule has 5 rings (SSSR count). The Morgan fingerprint density at radius 2 is 1.77 bits per heavy atom. The van der Waals surface area contributed by atoms with Crippen LogP contribution in [0.2, 0.25) is 0 Å². The van der Waals surface area contributed by atoms with Gasteiger partial charge in [0.05, 0.1) is 28.4 Å². The summed E-state index contributed by atoms with van der Waals surface area (Å²) in [6.07, 6.45) is 5.03. The number of pyridine rings is 1. The summed E-state index contributed by atoms with van der Waals surface area (Å²) in [5, 5.41) is 11.0. The van der Waals surface area contributed by atoms with Crippen LogP contribution in [0.5, 0.6) is 0 Å². The Hall–Kier alpha value is -3.78. The molecule has 0 spiro atoms. The maximum Gasteiger partial charge on any atom is 0.227 e. The first-order valence-electron chi connectivity index (χ1n) is 13.6. The molecule has 2 N–H and O–H groups in total. The van der Waals surface area contributed by atoms with Crippen molar-refractivity contribution < 1.29 is 14.1 Å². The Balaban J connectivity index is 1.43. The fraction of sp³-hybridized carbons (Fsp3) is 0.242. The number of hydrogen-bond acceptors (Lipinski definition) is 4. The summed E-state index contributed by atoms with van der Waals surface area (Å²) >= 11 is 0. The van der Waals surface area contributed by atoms with E-state index in [0.717, 1.165) is 39.9 Å². The highest BCUT2D eigenvalue weighted by atomic mass is 32.2. The van der Waals surface area contributed by atoms with Crippen molar-refractivity contribution in [3.05, 3.63) is 125 Å². The molecule has 206 valence electrons. The minimum absolute atomic E-state index is 0.00678. The van der Waals surface area contributed by atoms with Gasteiger partial charge in [0.2, 0.25) is 5.91 Å². The lowest BCUT2D eigenvalue weighted by atomic mass is 10.1. The van der Waals surface area contributed by atoms with Crippen molar-refractivity contribution in [1.82, 2.24) is 9.71 Å². The summed E-state index contributed by atoms with van der Waals surface area (Å²) in [7, 11) is -2.88. The lowest BCUT2D eigenvalue weighted by Crippen LogP contribution is -2.34. The minimum Gasteiger partial charge on any atom is -0.391 e. The second-order valence-electron chi connectivity index (χ2n) is 10.2. The summed E-state index contributed by atoms with van der Waals surface area (Å²) in [4.78, 5) is 20.2. The predicted octanol–water partition coefficient (Wildman–Crippen LogP) is 5.05. The van der Waals surface area contributed by atoms with Crippen LogP contribution in [0.15, 0.2) is 102 Å². The zero-order chi connectivity index (χ0) is 28.1. The maximum absolute atomic E-state index is 13.7. The number of nitrogens with one attached hydrogen (secondary N) is 1. The molecule has 1 aromatic heterocycles. The summed E-state index contributed by atoms with van der Waals surface area (Å²) in [5.41, 5.74) is 5.70. The van der Waals surface area contributed by atoms with E-state index < -0.39 is 21.9 Å². The van der Waals surface area contributed by atoms with Gasteiger partial charge in [0.15, 0.2) is 0 Å². The molecule has 3 aromatic carbocycles. The Morgan fingerprint density at radius 3 is 2.48 bits per heavy atom. The van der Waals surface area contributed by atoms with Crippen molar-refractivity contribution in [3.63, 3.8) is 0 Å². The number of aliphatic hydroxyl groups is 1. The van der Waals surface area contributed by atoms with Crippen LogP contribution in [0.25, 0.3) is 0 Å². The van der Waals surface area contributed by atoms with Crippen molar-refractivity contribution >= 4 is 27.2 Å². The van der Waals surface area contributed by atoms with Gasteiger partial charge in [-0.25, -0.2) is 8.93 Å². The van der Waals surface area contributed by atoms with Gasteiger partial charge in [-0.15, -0.1) is 0 Å². The number of rotatable bonds is 10. The number of aliphatic hydroxyl groups excluding tert-OH is 1. The zero-order valence-corrected chi connectivity index (χ0v) is 23.5. The van der Waals surface area contributed by atoms with E-state index in [-0.39, 0.29) is 5.91 Å². The van der Waals surface area contributed by atoms with Gasteiger partial charge in [0, 0.05) is 35.8 Å². The number of hydrogen-bond donors (Lipinski definition) is 2.